The molecular weight excluding hydrogens is 347 g/mol. The minimum atomic E-state index is -4.66. The van der Waals surface area contributed by atoms with Crippen molar-refractivity contribution >= 4 is 27.9 Å². The number of carboxylic acids is 1. The highest BCUT2D eigenvalue weighted by Crippen LogP contribution is 2.34. The second-order valence-corrected chi connectivity index (χ2v) is 5.86. The molecule has 2 heterocycles. The van der Waals surface area contributed by atoms with Crippen molar-refractivity contribution in [2.45, 2.75) is 6.18 Å². The summed E-state index contributed by atoms with van der Waals surface area (Å²) in [5.74, 6) is -1.11. The van der Waals surface area contributed by atoms with Crippen molar-refractivity contribution in [2.75, 3.05) is 0 Å². The Bertz CT molecular complexity index is 1220. The lowest BCUT2D eigenvalue weighted by Gasteiger charge is -2.11. The largest absolute Gasteiger partial charge is 0.478 e. The van der Waals surface area contributed by atoms with E-state index >= 15 is 0 Å². The van der Waals surface area contributed by atoms with Gasteiger partial charge in [0.1, 0.15) is 0 Å². The van der Waals surface area contributed by atoms with Gasteiger partial charge in [0.15, 0.2) is 5.65 Å². The maximum Gasteiger partial charge on any atom is 0.416 e. The van der Waals surface area contributed by atoms with Crippen molar-refractivity contribution in [2.24, 2.45) is 7.05 Å². The lowest BCUT2D eigenvalue weighted by molar-refractivity contribution is -0.137. The summed E-state index contributed by atoms with van der Waals surface area (Å²) in [6.07, 6.45) is -2.99. The van der Waals surface area contributed by atoms with Gasteiger partial charge < -0.3 is 5.11 Å². The predicted octanol–water partition coefficient (Wildman–Crippen LogP) is 4.23. The van der Waals surface area contributed by atoms with Crippen molar-refractivity contribution in [1.82, 2.24) is 14.3 Å². The molecule has 0 aliphatic rings. The van der Waals surface area contributed by atoms with E-state index in [0.29, 0.717) is 21.9 Å². The first-order chi connectivity index (χ1) is 12.7. The zero-order chi connectivity index (χ0) is 19.5. The summed E-state index contributed by atoms with van der Waals surface area (Å²) >= 11 is 0. The summed E-state index contributed by atoms with van der Waals surface area (Å²) in [5.41, 5.74) is -0.144. The van der Waals surface area contributed by atoms with Crippen LogP contribution in [0.2, 0.25) is 0 Å². The first kappa shape index (κ1) is 15.0. The molecule has 0 radical (unpaired) electrons. The van der Waals surface area contributed by atoms with Crippen LogP contribution in [0.1, 0.15) is 17.3 Å². The van der Waals surface area contributed by atoms with Gasteiger partial charge >= 0.3 is 12.1 Å². The highest BCUT2D eigenvalue weighted by molar-refractivity contribution is 6.09. The molecule has 4 aromatic rings. The van der Waals surface area contributed by atoms with Gasteiger partial charge in [0.25, 0.3) is 0 Å². The molecule has 0 aliphatic carbocycles. The van der Waals surface area contributed by atoms with Crippen LogP contribution < -0.4 is 0 Å². The Hall–Kier alpha value is -3.29. The fraction of sp³-hybridized carbons (Fsp3) is 0.111. The Labute approximate surface area is 146 Å². The number of benzene rings is 2. The lowest BCUT2D eigenvalue weighted by atomic mass is 10.1. The van der Waals surface area contributed by atoms with Gasteiger partial charge in [-0.25, -0.2) is 4.79 Å². The number of carbonyl (C=O) groups is 1. The molecule has 2 aromatic carbocycles. The number of alkyl halides is 3. The van der Waals surface area contributed by atoms with Gasteiger partial charge in [0.05, 0.1) is 18.0 Å². The first-order valence-electron chi connectivity index (χ1n) is 8.07. The van der Waals surface area contributed by atoms with Gasteiger partial charge in [0.2, 0.25) is 0 Å². The zero-order valence-corrected chi connectivity index (χ0v) is 13.4. The quantitative estimate of drug-likeness (QED) is 0.582. The van der Waals surface area contributed by atoms with Crippen molar-refractivity contribution < 1.29 is 24.4 Å². The van der Waals surface area contributed by atoms with Crippen LogP contribution in [0, 0.1) is 0 Å². The molecule has 2 aromatic heterocycles. The average Bonchev–Trinajstić information content (AvgIpc) is 3.09. The van der Waals surface area contributed by atoms with E-state index in [1.807, 2.05) is 0 Å². The third-order valence-electron chi connectivity index (χ3n) is 4.12. The number of aromatic nitrogens is 3. The molecule has 5 nitrogen and oxygen atoms in total. The predicted molar refractivity (Wildman–Crippen MR) is 89.5 cm³/mol. The zero-order valence-electron chi connectivity index (χ0n) is 14.4. The standard InChI is InChI=1S/C18H12F3N3O2/c1-23-9-14-13-7-10(17(25)26)5-6-15(13)24(16(14)22-23)12-4-2-3-11(8-12)18(19,20)21/h2-9H,1H3,(H,25,26)/i8D. The maximum atomic E-state index is 13.2. The summed E-state index contributed by atoms with van der Waals surface area (Å²) in [6, 6.07) is 7.18. The Kier molecular flexibility index (Phi) is 3.09. The van der Waals surface area contributed by atoms with Crippen LogP contribution in [-0.4, -0.2) is 25.4 Å². The Morgan fingerprint density at radius 1 is 1.23 bits per heavy atom. The first-order valence-corrected chi connectivity index (χ1v) is 7.57. The third-order valence-corrected chi connectivity index (χ3v) is 4.12. The van der Waals surface area contributed by atoms with Crippen molar-refractivity contribution in [1.29, 1.82) is 0 Å². The Morgan fingerprint density at radius 3 is 2.69 bits per heavy atom. The van der Waals surface area contributed by atoms with E-state index in [0.717, 1.165) is 6.07 Å². The normalized spacial score (nSPS) is 12.7. The molecule has 0 saturated carbocycles. The molecule has 0 atom stereocenters. The van der Waals surface area contributed by atoms with Crippen LogP contribution in [-0.2, 0) is 13.2 Å². The third kappa shape index (κ3) is 2.42. The van der Waals surface area contributed by atoms with Crippen molar-refractivity contribution in [3.05, 3.63) is 59.8 Å². The van der Waals surface area contributed by atoms with E-state index in [1.165, 1.54) is 39.6 Å². The molecule has 4 rings (SSSR count). The fourth-order valence-electron chi connectivity index (χ4n) is 3.02. The molecule has 0 spiro atoms. The SMILES string of the molecule is [2H]c1c(-n2c3ccc(C(=O)O)cc3c3cn(C)nc32)cccc1C(F)(F)F. The number of nitrogens with zero attached hydrogens (tertiary/aromatic N) is 3. The topological polar surface area (TPSA) is 60.1 Å². The van der Waals surface area contributed by atoms with Crippen molar-refractivity contribution in [3.63, 3.8) is 0 Å². The summed E-state index contributed by atoms with van der Waals surface area (Å²) in [6.45, 7) is 0. The molecule has 0 saturated heterocycles. The van der Waals surface area contributed by atoms with E-state index in [2.05, 4.69) is 5.10 Å². The van der Waals surface area contributed by atoms with E-state index in [1.54, 1.807) is 13.2 Å². The molecule has 132 valence electrons. The van der Waals surface area contributed by atoms with E-state index in [9.17, 15) is 23.1 Å². The minimum Gasteiger partial charge on any atom is -0.478 e. The maximum absolute atomic E-state index is 13.2. The molecule has 1 N–H and O–H groups in total. The minimum absolute atomic E-state index is 0.0200. The van der Waals surface area contributed by atoms with Crippen LogP contribution >= 0.6 is 0 Å². The molecule has 0 bridgehead atoms. The molecule has 8 heteroatoms. The number of hydrogen-bond donors (Lipinski definition) is 1. The van der Waals surface area contributed by atoms with Crippen LogP contribution in [0.3, 0.4) is 0 Å². The highest BCUT2D eigenvalue weighted by Gasteiger charge is 2.31. The second-order valence-electron chi connectivity index (χ2n) is 5.86. The van der Waals surface area contributed by atoms with Crippen LogP contribution in [0.4, 0.5) is 13.2 Å². The van der Waals surface area contributed by atoms with Gasteiger partial charge in [0, 0.05) is 29.7 Å². The number of fused-ring (bicyclic) bond motifs is 3. The molecule has 0 aliphatic heterocycles. The monoisotopic (exact) mass is 360 g/mol. The van der Waals surface area contributed by atoms with Gasteiger partial charge in [-0.1, -0.05) is 6.07 Å². The lowest BCUT2D eigenvalue weighted by Crippen LogP contribution is -2.06. The van der Waals surface area contributed by atoms with Gasteiger partial charge in [-0.3, -0.25) is 9.25 Å². The summed E-state index contributed by atoms with van der Waals surface area (Å²) in [7, 11) is 1.66. The second kappa shape index (κ2) is 5.35. The van der Waals surface area contributed by atoms with Crippen LogP contribution in [0.15, 0.2) is 48.6 Å². The number of hydrogen-bond acceptors (Lipinski definition) is 2. The smallest absolute Gasteiger partial charge is 0.416 e. The van der Waals surface area contributed by atoms with Gasteiger partial charge in [-0.05, 0) is 36.4 Å². The number of halogens is 3. The van der Waals surface area contributed by atoms with E-state index in [4.69, 9.17) is 1.37 Å². The molecule has 0 amide bonds. The van der Waals surface area contributed by atoms with Gasteiger partial charge in [-0.2, -0.15) is 18.3 Å². The Balaban J connectivity index is 2.12. The number of aryl methyl sites for hydroxylation is 1. The van der Waals surface area contributed by atoms with E-state index in [-0.39, 0.29) is 11.3 Å². The summed E-state index contributed by atoms with van der Waals surface area (Å²) < 4.78 is 50.7. The molecular formula is C18H12F3N3O2. The highest BCUT2D eigenvalue weighted by atomic mass is 19.4. The number of rotatable bonds is 2. The number of aromatic carboxylic acids is 1. The number of carboxylic acid groups (broad SMARTS) is 1. The Morgan fingerprint density at radius 2 is 2.00 bits per heavy atom. The van der Waals surface area contributed by atoms with Crippen LogP contribution in [0.25, 0.3) is 27.6 Å². The average molecular weight is 360 g/mol. The van der Waals surface area contributed by atoms with Crippen molar-refractivity contribution in [3.8, 4) is 5.69 Å². The molecule has 26 heavy (non-hydrogen) atoms. The summed E-state index contributed by atoms with van der Waals surface area (Å²) in [4.78, 5) is 11.3. The van der Waals surface area contributed by atoms with Crippen LogP contribution in [0.5, 0.6) is 0 Å². The fourth-order valence-corrected chi connectivity index (χ4v) is 3.02. The molecule has 0 unspecified atom stereocenters. The van der Waals surface area contributed by atoms with Gasteiger partial charge in [-0.15, -0.1) is 0 Å². The summed E-state index contributed by atoms with van der Waals surface area (Å²) in [5, 5.41) is 14.7. The van der Waals surface area contributed by atoms with E-state index < -0.39 is 23.8 Å². The molecule has 0 fully saturated rings.